The minimum absolute atomic E-state index is 0.0583. The molecule has 0 bridgehead atoms. The van der Waals surface area contributed by atoms with Gasteiger partial charge in [0.25, 0.3) is 5.91 Å². The number of rotatable bonds is 1. The smallest absolute Gasteiger partial charge is 0.254 e. The number of hydrogen-bond donors (Lipinski definition) is 0. The standard InChI is InChI=1S/C10H10FNO/c1-2-12-6-8-7(10(12)13)4-3-5-9(8)11/h3-5H,2,6H2,1H3. The molecule has 0 saturated heterocycles. The predicted molar refractivity (Wildman–Crippen MR) is 46.8 cm³/mol. The van der Waals surface area contributed by atoms with E-state index >= 15 is 0 Å². The van der Waals surface area contributed by atoms with Gasteiger partial charge in [0.1, 0.15) is 5.82 Å². The molecule has 1 aromatic rings. The van der Waals surface area contributed by atoms with Crippen molar-refractivity contribution in [1.82, 2.24) is 4.90 Å². The van der Waals surface area contributed by atoms with Gasteiger partial charge in [0.15, 0.2) is 0 Å². The zero-order valence-corrected chi connectivity index (χ0v) is 7.38. The lowest BCUT2D eigenvalue weighted by atomic mass is 10.1. The second-order valence-electron chi connectivity index (χ2n) is 3.09. The summed E-state index contributed by atoms with van der Waals surface area (Å²) in [6.07, 6.45) is 0. The molecule has 2 nitrogen and oxygen atoms in total. The van der Waals surface area contributed by atoms with E-state index in [2.05, 4.69) is 0 Å². The Labute approximate surface area is 76.0 Å². The van der Waals surface area contributed by atoms with Crippen molar-refractivity contribution in [3.05, 3.63) is 35.1 Å². The largest absolute Gasteiger partial charge is 0.334 e. The monoisotopic (exact) mass is 179 g/mol. The van der Waals surface area contributed by atoms with Crippen LogP contribution in [0, 0.1) is 5.82 Å². The van der Waals surface area contributed by atoms with Crippen molar-refractivity contribution in [1.29, 1.82) is 0 Å². The van der Waals surface area contributed by atoms with Crippen molar-refractivity contribution in [3.8, 4) is 0 Å². The molecule has 1 aliphatic rings. The highest BCUT2D eigenvalue weighted by atomic mass is 19.1. The molecule has 0 N–H and O–H groups in total. The zero-order chi connectivity index (χ0) is 9.42. The molecule has 0 fully saturated rings. The Morgan fingerprint density at radius 1 is 1.54 bits per heavy atom. The first-order valence-corrected chi connectivity index (χ1v) is 4.30. The van der Waals surface area contributed by atoms with Crippen LogP contribution in [-0.4, -0.2) is 17.4 Å². The summed E-state index contributed by atoms with van der Waals surface area (Å²) in [6.45, 7) is 2.94. The molecule has 1 aliphatic heterocycles. The summed E-state index contributed by atoms with van der Waals surface area (Å²) in [7, 11) is 0. The maximum atomic E-state index is 13.2. The molecule has 0 unspecified atom stereocenters. The highest BCUT2D eigenvalue weighted by molar-refractivity contribution is 5.98. The van der Waals surface area contributed by atoms with Crippen LogP contribution in [0.3, 0.4) is 0 Å². The van der Waals surface area contributed by atoms with E-state index in [0.717, 1.165) is 0 Å². The number of fused-ring (bicyclic) bond motifs is 1. The van der Waals surface area contributed by atoms with Crippen LogP contribution in [0.2, 0.25) is 0 Å². The lowest BCUT2D eigenvalue weighted by Crippen LogP contribution is -2.22. The lowest BCUT2D eigenvalue weighted by molar-refractivity contribution is 0.0787. The Morgan fingerprint density at radius 3 is 2.92 bits per heavy atom. The van der Waals surface area contributed by atoms with Gasteiger partial charge in [-0.2, -0.15) is 0 Å². The lowest BCUT2D eigenvalue weighted by Gasteiger charge is -2.10. The van der Waals surface area contributed by atoms with Gasteiger partial charge in [-0.05, 0) is 19.1 Å². The maximum absolute atomic E-state index is 13.2. The fraction of sp³-hybridized carbons (Fsp3) is 0.300. The SMILES string of the molecule is CCN1Cc2c(F)cccc2C1=O. The molecule has 13 heavy (non-hydrogen) atoms. The molecule has 0 spiro atoms. The van der Waals surface area contributed by atoms with Crippen molar-refractivity contribution in [3.63, 3.8) is 0 Å². The highest BCUT2D eigenvalue weighted by Gasteiger charge is 2.27. The van der Waals surface area contributed by atoms with E-state index in [-0.39, 0.29) is 11.7 Å². The molecule has 0 radical (unpaired) electrons. The summed E-state index contributed by atoms with van der Waals surface area (Å²) in [5, 5.41) is 0. The van der Waals surface area contributed by atoms with Gasteiger partial charge in [-0.25, -0.2) is 4.39 Å². The second kappa shape index (κ2) is 2.83. The number of halogens is 1. The van der Waals surface area contributed by atoms with Gasteiger partial charge in [-0.15, -0.1) is 0 Å². The predicted octanol–water partition coefficient (Wildman–Crippen LogP) is 1.80. The van der Waals surface area contributed by atoms with Gasteiger partial charge in [-0.1, -0.05) is 6.07 Å². The average Bonchev–Trinajstić information content (AvgIpc) is 2.45. The molecule has 0 saturated carbocycles. The van der Waals surface area contributed by atoms with Crippen molar-refractivity contribution in [2.24, 2.45) is 0 Å². The number of amides is 1. The Morgan fingerprint density at radius 2 is 2.31 bits per heavy atom. The average molecular weight is 179 g/mol. The molecule has 2 rings (SSSR count). The second-order valence-corrected chi connectivity index (χ2v) is 3.09. The normalized spacial score (nSPS) is 14.9. The number of nitrogens with zero attached hydrogens (tertiary/aromatic N) is 1. The summed E-state index contributed by atoms with van der Waals surface area (Å²) in [6, 6.07) is 4.65. The first-order chi connectivity index (χ1) is 6.24. The van der Waals surface area contributed by atoms with Crippen LogP contribution < -0.4 is 0 Å². The van der Waals surface area contributed by atoms with Crippen LogP contribution in [-0.2, 0) is 6.54 Å². The molecule has 1 heterocycles. The van der Waals surface area contributed by atoms with Gasteiger partial charge in [0.2, 0.25) is 0 Å². The van der Waals surface area contributed by atoms with E-state index in [0.29, 0.717) is 24.2 Å². The Balaban J connectivity index is 2.49. The van der Waals surface area contributed by atoms with Crippen molar-refractivity contribution in [2.75, 3.05) is 6.54 Å². The van der Waals surface area contributed by atoms with Crippen LogP contribution >= 0.6 is 0 Å². The molecule has 0 aliphatic carbocycles. The molecule has 1 aromatic carbocycles. The molecule has 1 amide bonds. The van der Waals surface area contributed by atoms with Crippen LogP contribution in [0.15, 0.2) is 18.2 Å². The van der Waals surface area contributed by atoms with Gasteiger partial charge in [0, 0.05) is 24.2 Å². The third-order valence-electron chi connectivity index (χ3n) is 2.37. The summed E-state index contributed by atoms with van der Waals surface area (Å²) < 4.78 is 13.2. The summed E-state index contributed by atoms with van der Waals surface area (Å²) in [5.74, 6) is -0.334. The number of benzene rings is 1. The van der Waals surface area contributed by atoms with Crippen LogP contribution in [0.4, 0.5) is 4.39 Å². The van der Waals surface area contributed by atoms with E-state index in [1.54, 1.807) is 17.0 Å². The third-order valence-corrected chi connectivity index (χ3v) is 2.37. The van der Waals surface area contributed by atoms with E-state index in [4.69, 9.17) is 0 Å². The molecule has 0 aromatic heterocycles. The summed E-state index contributed by atoms with van der Waals surface area (Å²) >= 11 is 0. The van der Waals surface area contributed by atoms with E-state index in [9.17, 15) is 9.18 Å². The van der Waals surface area contributed by atoms with E-state index < -0.39 is 0 Å². The molecule has 3 heteroatoms. The highest BCUT2D eigenvalue weighted by Crippen LogP contribution is 2.24. The zero-order valence-electron chi connectivity index (χ0n) is 7.38. The van der Waals surface area contributed by atoms with Crippen LogP contribution in [0.1, 0.15) is 22.8 Å². The maximum Gasteiger partial charge on any atom is 0.254 e. The van der Waals surface area contributed by atoms with E-state index in [1.165, 1.54) is 6.07 Å². The van der Waals surface area contributed by atoms with Gasteiger partial charge < -0.3 is 4.90 Å². The summed E-state index contributed by atoms with van der Waals surface area (Å²) in [4.78, 5) is 13.2. The van der Waals surface area contributed by atoms with E-state index in [1.807, 2.05) is 6.92 Å². The number of carbonyl (C=O) groups is 1. The third kappa shape index (κ3) is 1.11. The minimum Gasteiger partial charge on any atom is -0.334 e. The topological polar surface area (TPSA) is 20.3 Å². The Bertz CT molecular complexity index is 362. The molecular formula is C10H10FNO. The Kier molecular flexibility index (Phi) is 1.79. The molecule has 68 valence electrons. The van der Waals surface area contributed by atoms with Crippen molar-refractivity contribution in [2.45, 2.75) is 13.5 Å². The fourth-order valence-corrected chi connectivity index (χ4v) is 1.61. The first-order valence-electron chi connectivity index (χ1n) is 4.30. The van der Waals surface area contributed by atoms with Gasteiger partial charge >= 0.3 is 0 Å². The van der Waals surface area contributed by atoms with Gasteiger partial charge in [0.05, 0.1) is 0 Å². The quantitative estimate of drug-likeness (QED) is 0.643. The first kappa shape index (κ1) is 8.23. The minimum atomic E-state index is -0.276. The van der Waals surface area contributed by atoms with Crippen molar-refractivity contribution < 1.29 is 9.18 Å². The Hall–Kier alpha value is -1.38. The van der Waals surface area contributed by atoms with Crippen LogP contribution in [0.5, 0.6) is 0 Å². The molecule has 0 atom stereocenters. The van der Waals surface area contributed by atoms with Crippen LogP contribution in [0.25, 0.3) is 0 Å². The van der Waals surface area contributed by atoms with Gasteiger partial charge in [-0.3, -0.25) is 4.79 Å². The molecular weight excluding hydrogens is 169 g/mol. The fourth-order valence-electron chi connectivity index (χ4n) is 1.61. The van der Waals surface area contributed by atoms with Crippen molar-refractivity contribution >= 4 is 5.91 Å². The summed E-state index contributed by atoms with van der Waals surface area (Å²) in [5.41, 5.74) is 1.05. The number of hydrogen-bond acceptors (Lipinski definition) is 1. The number of carbonyl (C=O) groups excluding carboxylic acids is 1.